The summed E-state index contributed by atoms with van der Waals surface area (Å²) in [6, 6.07) is 11.5. The maximum atomic E-state index is 12.5. The zero-order valence-electron chi connectivity index (χ0n) is 15.5. The lowest BCUT2D eigenvalue weighted by molar-refractivity contribution is -0.115. The minimum atomic E-state index is -0.0837. The molecule has 1 amide bonds. The highest BCUT2D eigenvalue weighted by Gasteiger charge is 2.16. The van der Waals surface area contributed by atoms with Crippen LogP contribution < -0.4 is 10.6 Å². The van der Waals surface area contributed by atoms with Gasteiger partial charge in [0.1, 0.15) is 0 Å². The van der Waals surface area contributed by atoms with Gasteiger partial charge in [-0.25, -0.2) is 4.40 Å². The lowest BCUT2D eigenvalue weighted by Gasteiger charge is -2.21. The Morgan fingerprint density at radius 1 is 1.37 bits per heavy atom. The standard InChI is InChI=1S/C20H23ClN4OS/c1-25(2)13-23-27-19-11-16(9-15-12-22-8-7-17(15)19)24-20(26)10-14-5-3-4-6-18(14)21/h3-6,9,11,13,22H,7-8,10,12H2,1-2H3,(H,24,26). The minimum absolute atomic E-state index is 0.0837. The molecule has 0 fully saturated rings. The second kappa shape index (κ2) is 9.26. The number of fused-ring (bicyclic) bond motifs is 1. The van der Waals surface area contributed by atoms with Gasteiger partial charge < -0.3 is 15.5 Å². The van der Waals surface area contributed by atoms with Crippen LogP contribution in [0.2, 0.25) is 5.02 Å². The normalized spacial score (nSPS) is 13.4. The van der Waals surface area contributed by atoms with Crippen LogP contribution in [0.25, 0.3) is 0 Å². The number of amides is 1. The van der Waals surface area contributed by atoms with Crippen molar-refractivity contribution in [2.24, 2.45) is 4.40 Å². The summed E-state index contributed by atoms with van der Waals surface area (Å²) >= 11 is 7.60. The summed E-state index contributed by atoms with van der Waals surface area (Å²) in [6.45, 7) is 1.75. The topological polar surface area (TPSA) is 56.7 Å². The Hall–Kier alpha value is -2.02. The molecular formula is C20H23ClN4OS. The number of hydrogen-bond donors (Lipinski definition) is 2. The molecule has 5 nitrogen and oxygen atoms in total. The van der Waals surface area contributed by atoms with E-state index in [9.17, 15) is 4.79 Å². The van der Waals surface area contributed by atoms with Gasteiger partial charge in [-0.15, -0.1) is 0 Å². The van der Waals surface area contributed by atoms with Gasteiger partial charge in [0, 0.05) is 48.2 Å². The van der Waals surface area contributed by atoms with E-state index in [1.165, 1.54) is 23.1 Å². The third-order valence-electron chi connectivity index (χ3n) is 4.19. The van der Waals surface area contributed by atoms with Crippen LogP contribution in [0, 0.1) is 0 Å². The van der Waals surface area contributed by atoms with Crippen LogP contribution in [0.15, 0.2) is 45.7 Å². The summed E-state index contributed by atoms with van der Waals surface area (Å²) in [5, 5.41) is 7.00. The van der Waals surface area contributed by atoms with Gasteiger partial charge in [0.25, 0.3) is 0 Å². The maximum absolute atomic E-state index is 12.5. The van der Waals surface area contributed by atoms with E-state index >= 15 is 0 Å². The molecule has 0 aliphatic carbocycles. The zero-order chi connectivity index (χ0) is 19.2. The van der Waals surface area contributed by atoms with E-state index < -0.39 is 0 Å². The molecule has 0 unspecified atom stereocenters. The molecule has 0 bridgehead atoms. The molecule has 0 saturated carbocycles. The molecule has 7 heteroatoms. The molecule has 0 spiro atoms. The maximum Gasteiger partial charge on any atom is 0.228 e. The number of nitrogens with zero attached hydrogens (tertiary/aromatic N) is 2. The Bertz CT molecular complexity index is 854. The SMILES string of the molecule is CN(C)C=NSc1cc(NC(=O)Cc2ccccc2Cl)cc2c1CCNC2. The van der Waals surface area contributed by atoms with Crippen LogP contribution in [0.4, 0.5) is 5.69 Å². The second-order valence-corrected chi connectivity index (χ2v) is 7.87. The number of halogens is 1. The van der Waals surface area contributed by atoms with Crippen molar-refractivity contribution in [1.82, 2.24) is 10.2 Å². The van der Waals surface area contributed by atoms with E-state index in [1.807, 2.05) is 49.3 Å². The molecule has 27 heavy (non-hydrogen) atoms. The fraction of sp³-hybridized carbons (Fsp3) is 0.300. The highest BCUT2D eigenvalue weighted by molar-refractivity contribution is 7.98. The molecule has 0 aromatic heterocycles. The Morgan fingerprint density at radius 2 is 2.19 bits per heavy atom. The largest absolute Gasteiger partial charge is 0.368 e. The highest BCUT2D eigenvalue weighted by atomic mass is 35.5. The summed E-state index contributed by atoms with van der Waals surface area (Å²) in [6.07, 6.45) is 2.99. The van der Waals surface area contributed by atoms with E-state index in [2.05, 4.69) is 15.0 Å². The molecular weight excluding hydrogens is 380 g/mol. The number of nitrogens with one attached hydrogen (secondary N) is 2. The van der Waals surface area contributed by atoms with Crippen molar-refractivity contribution in [3.05, 3.63) is 58.1 Å². The quantitative estimate of drug-likeness (QED) is 0.438. The third kappa shape index (κ3) is 5.48. The van der Waals surface area contributed by atoms with Gasteiger partial charge in [-0.1, -0.05) is 29.8 Å². The molecule has 142 valence electrons. The van der Waals surface area contributed by atoms with Crippen molar-refractivity contribution < 1.29 is 4.79 Å². The lowest BCUT2D eigenvalue weighted by Crippen LogP contribution is -2.24. The van der Waals surface area contributed by atoms with Gasteiger partial charge >= 0.3 is 0 Å². The number of carbonyl (C=O) groups excluding carboxylic acids is 1. The van der Waals surface area contributed by atoms with E-state index in [4.69, 9.17) is 11.6 Å². The molecule has 0 atom stereocenters. The van der Waals surface area contributed by atoms with Crippen LogP contribution in [0.5, 0.6) is 0 Å². The van der Waals surface area contributed by atoms with Crippen molar-refractivity contribution in [1.29, 1.82) is 0 Å². The third-order valence-corrected chi connectivity index (χ3v) is 5.32. The lowest BCUT2D eigenvalue weighted by atomic mass is 10.00. The number of benzene rings is 2. The molecule has 1 aliphatic rings. The van der Waals surface area contributed by atoms with E-state index in [1.54, 1.807) is 12.4 Å². The molecule has 2 aromatic rings. The summed E-state index contributed by atoms with van der Waals surface area (Å²) < 4.78 is 4.42. The van der Waals surface area contributed by atoms with Gasteiger partial charge in [-0.2, -0.15) is 0 Å². The molecule has 2 aromatic carbocycles. The summed E-state index contributed by atoms with van der Waals surface area (Å²) in [4.78, 5) is 15.5. The minimum Gasteiger partial charge on any atom is -0.368 e. The Balaban J connectivity index is 1.78. The van der Waals surface area contributed by atoms with Gasteiger partial charge in [-0.3, -0.25) is 4.79 Å². The van der Waals surface area contributed by atoms with Crippen LogP contribution in [-0.4, -0.2) is 37.8 Å². The first-order valence-electron chi connectivity index (χ1n) is 8.79. The summed E-state index contributed by atoms with van der Waals surface area (Å²) in [7, 11) is 3.88. The van der Waals surface area contributed by atoms with Crippen molar-refractivity contribution >= 4 is 41.5 Å². The second-order valence-electron chi connectivity index (χ2n) is 6.63. The van der Waals surface area contributed by atoms with Crippen molar-refractivity contribution in [2.75, 3.05) is 26.0 Å². The first-order chi connectivity index (χ1) is 13.0. The van der Waals surface area contributed by atoms with Gasteiger partial charge in [0.15, 0.2) is 0 Å². The predicted octanol–water partition coefficient (Wildman–Crippen LogP) is 3.76. The van der Waals surface area contributed by atoms with Gasteiger partial charge in [0.2, 0.25) is 5.91 Å². The molecule has 1 aliphatic heterocycles. The first-order valence-corrected chi connectivity index (χ1v) is 9.95. The fourth-order valence-corrected chi connectivity index (χ4v) is 4.00. The van der Waals surface area contributed by atoms with Crippen LogP contribution in [0.3, 0.4) is 0 Å². The Kier molecular flexibility index (Phi) is 6.77. The summed E-state index contributed by atoms with van der Waals surface area (Å²) in [5.74, 6) is -0.0837. The summed E-state index contributed by atoms with van der Waals surface area (Å²) in [5.41, 5.74) is 4.12. The highest BCUT2D eigenvalue weighted by Crippen LogP contribution is 2.32. The van der Waals surface area contributed by atoms with Crippen LogP contribution in [-0.2, 0) is 24.2 Å². The zero-order valence-corrected chi connectivity index (χ0v) is 17.0. The average molecular weight is 403 g/mol. The number of anilines is 1. The fourth-order valence-electron chi connectivity index (χ4n) is 2.93. The average Bonchev–Trinajstić information content (AvgIpc) is 2.63. The molecule has 1 heterocycles. The molecule has 0 radical (unpaired) electrons. The molecule has 0 saturated heterocycles. The number of carbonyl (C=O) groups is 1. The van der Waals surface area contributed by atoms with Crippen molar-refractivity contribution in [2.45, 2.75) is 24.3 Å². The Morgan fingerprint density at radius 3 is 2.96 bits per heavy atom. The van der Waals surface area contributed by atoms with E-state index in [-0.39, 0.29) is 12.3 Å². The van der Waals surface area contributed by atoms with Gasteiger partial charge in [0.05, 0.1) is 12.8 Å². The van der Waals surface area contributed by atoms with Crippen LogP contribution in [0.1, 0.15) is 16.7 Å². The van der Waals surface area contributed by atoms with E-state index in [0.717, 1.165) is 35.7 Å². The van der Waals surface area contributed by atoms with E-state index in [0.29, 0.717) is 5.02 Å². The van der Waals surface area contributed by atoms with Crippen LogP contribution >= 0.6 is 23.5 Å². The Labute approximate surface area is 169 Å². The number of rotatable bonds is 6. The molecule has 3 rings (SSSR count). The smallest absolute Gasteiger partial charge is 0.228 e. The van der Waals surface area contributed by atoms with Gasteiger partial charge in [-0.05, 0) is 47.9 Å². The molecule has 2 N–H and O–H groups in total. The number of hydrogen-bond acceptors (Lipinski definition) is 4. The van der Waals surface area contributed by atoms with Crippen molar-refractivity contribution in [3.63, 3.8) is 0 Å². The van der Waals surface area contributed by atoms with Crippen molar-refractivity contribution in [3.8, 4) is 0 Å². The first kappa shape index (κ1) is 19.7. The predicted molar refractivity (Wildman–Crippen MR) is 114 cm³/mol. The monoisotopic (exact) mass is 402 g/mol.